The molecule has 31 heavy (non-hydrogen) atoms. The first-order valence-electron chi connectivity index (χ1n) is 9.83. The Morgan fingerprint density at radius 1 is 1.39 bits per heavy atom. The van der Waals surface area contributed by atoms with Crippen LogP contribution in [0.3, 0.4) is 0 Å². The summed E-state index contributed by atoms with van der Waals surface area (Å²) < 4.78 is 1.91. The summed E-state index contributed by atoms with van der Waals surface area (Å²) in [6.07, 6.45) is 2.73. The average molecular weight is 460 g/mol. The molecule has 164 valence electrons. The third-order valence-corrected chi connectivity index (χ3v) is 6.10. The molecule has 9 heteroatoms. The van der Waals surface area contributed by atoms with Crippen LogP contribution in [0.4, 0.5) is 0 Å². The fourth-order valence-corrected chi connectivity index (χ4v) is 4.57. The average Bonchev–Trinajstić information content (AvgIpc) is 3.07. The Morgan fingerprint density at radius 2 is 2.10 bits per heavy atom. The van der Waals surface area contributed by atoms with Gasteiger partial charge in [0.05, 0.1) is 11.6 Å². The fourth-order valence-electron chi connectivity index (χ4n) is 3.39. The molecule has 1 aliphatic rings. The molecule has 0 aliphatic carbocycles. The summed E-state index contributed by atoms with van der Waals surface area (Å²) in [4.78, 5) is 33.5. The van der Waals surface area contributed by atoms with Crippen LogP contribution in [0.15, 0.2) is 45.4 Å². The van der Waals surface area contributed by atoms with Gasteiger partial charge in [-0.2, -0.15) is 0 Å². The molecule has 2 heterocycles. The highest BCUT2D eigenvalue weighted by atomic mass is 35.5. The largest absolute Gasteiger partial charge is 0.384 e. The Kier molecular flexibility index (Phi) is 7.59. The number of aromatic nitrogens is 1. The van der Waals surface area contributed by atoms with Crippen molar-refractivity contribution in [1.29, 1.82) is 0 Å². The van der Waals surface area contributed by atoms with Crippen LogP contribution in [0.1, 0.15) is 29.3 Å². The van der Waals surface area contributed by atoms with Gasteiger partial charge in [0.15, 0.2) is 0 Å². The topological polar surface area (TPSA) is 94.8 Å². The van der Waals surface area contributed by atoms with E-state index in [0.717, 1.165) is 33.7 Å². The standard InChI is InChI=1S/C22H26ClN5O2S/c1-14(23)8-18-9-20(26-15(18)2)31-27-11-19(13-29)28(21(30)12-27)10-16-4-6-17(7-5-16)22(24)25-3/h4-9,13,19,26H,10-12H2,1-3H3,(H2,24,25)/b14-8+. The molecule has 0 spiro atoms. The maximum atomic E-state index is 12.8. The Hall–Kier alpha value is -2.55. The number of allylic oxidation sites excluding steroid dienone is 1. The Bertz CT molecular complexity index is 1010. The van der Waals surface area contributed by atoms with Crippen molar-refractivity contribution in [3.05, 3.63) is 57.7 Å². The van der Waals surface area contributed by atoms with Gasteiger partial charge in [-0.3, -0.25) is 9.79 Å². The van der Waals surface area contributed by atoms with E-state index in [4.69, 9.17) is 17.3 Å². The first kappa shape index (κ1) is 23.1. The summed E-state index contributed by atoms with van der Waals surface area (Å²) in [5, 5.41) is 1.60. The summed E-state index contributed by atoms with van der Waals surface area (Å²) in [5.41, 5.74) is 9.58. The number of rotatable bonds is 7. The van der Waals surface area contributed by atoms with Crippen LogP contribution in [0.5, 0.6) is 0 Å². The predicted octanol–water partition coefficient (Wildman–Crippen LogP) is 3.18. The SMILES string of the molecule is CN=C(N)c1ccc(CN2C(=O)CN(Sc3cc(/C=C(\C)Cl)c(C)[nH]3)CC2C=O)cc1. The number of carbonyl (C=O) groups is 2. The van der Waals surface area contributed by atoms with Crippen molar-refractivity contribution in [2.24, 2.45) is 10.7 Å². The maximum Gasteiger partial charge on any atom is 0.238 e. The third kappa shape index (κ3) is 5.78. The number of aldehydes is 1. The quantitative estimate of drug-likeness (QED) is 0.287. The van der Waals surface area contributed by atoms with Crippen LogP contribution in [0, 0.1) is 6.92 Å². The molecule has 0 radical (unpaired) electrons. The lowest BCUT2D eigenvalue weighted by molar-refractivity contribution is -0.141. The highest BCUT2D eigenvalue weighted by molar-refractivity contribution is 7.97. The number of nitrogens with one attached hydrogen (secondary N) is 1. The second-order valence-electron chi connectivity index (χ2n) is 7.39. The molecular weight excluding hydrogens is 434 g/mol. The van der Waals surface area contributed by atoms with Crippen LogP contribution in [-0.4, -0.2) is 58.4 Å². The van der Waals surface area contributed by atoms with Gasteiger partial charge in [-0.15, -0.1) is 0 Å². The van der Waals surface area contributed by atoms with E-state index >= 15 is 0 Å². The number of halogens is 1. The number of piperazine rings is 1. The van der Waals surface area contributed by atoms with E-state index in [1.165, 1.54) is 11.9 Å². The maximum absolute atomic E-state index is 12.8. The van der Waals surface area contributed by atoms with E-state index in [2.05, 4.69) is 9.98 Å². The molecule has 0 bridgehead atoms. The number of aromatic amines is 1. The number of amidine groups is 1. The number of carbonyl (C=O) groups excluding carboxylic acids is 2. The van der Waals surface area contributed by atoms with Gasteiger partial charge in [0.2, 0.25) is 5.91 Å². The summed E-state index contributed by atoms with van der Waals surface area (Å²) >= 11 is 7.42. The lowest BCUT2D eigenvalue weighted by atomic mass is 10.1. The number of benzene rings is 1. The van der Waals surface area contributed by atoms with Crippen molar-refractivity contribution in [2.75, 3.05) is 20.1 Å². The summed E-state index contributed by atoms with van der Waals surface area (Å²) in [6.45, 7) is 4.84. The Balaban J connectivity index is 1.68. The number of H-pyrrole nitrogens is 1. The van der Waals surface area contributed by atoms with Gasteiger partial charge in [-0.05, 0) is 49.1 Å². The first-order chi connectivity index (χ1) is 14.8. The minimum Gasteiger partial charge on any atom is -0.384 e. The monoisotopic (exact) mass is 459 g/mol. The van der Waals surface area contributed by atoms with Crippen molar-refractivity contribution in [3.63, 3.8) is 0 Å². The van der Waals surface area contributed by atoms with Crippen molar-refractivity contribution in [2.45, 2.75) is 31.5 Å². The minimum atomic E-state index is -0.517. The van der Waals surface area contributed by atoms with Crippen LogP contribution in [0.25, 0.3) is 6.08 Å². The minimum absolute atomic E-state index is 0.0884. The van der Waals surface area contributed by atoms with Gasteiger partial charge >= 0.3 is 0 Å². The molecule has 1 aromatic carbocycles. The zero-order valence-corrected chi connectivity index (χ0v) is 19.3. The molecule has 1 saturated heterocycles. The van der Waals surface area contributed by atoms with Crippen molar-refractivity contribution < 1.29 is 9.59 Å². The molecular formula is C22H26ClN5O2S. The van der Waals surface area contributed by atoms with Gasteiger partial charge < -0.3 is 20.4 Å². The number of aliphatic imine (C=N–C) groups is 1. The summed E-state index contributed by atoms with van der Waals surface area (Å²) in [5.74, 6) is 0.369. The number of nitrogens with zero attached hydrogens (tertiary/aromatic N) is 3. The van der Waals surface area contributed by atoms with Crippen LogP contribution in [0.2, 0.25) is 0 Å². The van der Waals surface area contributed by atoms with Gasteiger partial charge in [0.25, 0.3) is 0 Å². The van der Waals surface area contributed by atoms with Gasteiger partial charge in [-0.25, -0.2) is 4.31 Å². The molecule has 3 N–H and O–H groups in total. The summed E-state index contributed by atoms with van der Waals surface area (Å²) in [7, 11) is 1.64. The van der Waals surface area contributed by atoms with Gasteiger partial charge in [0.1, 0.15) is 18.2 Å². The first-order valence-corrected chi connectivity index (χ1v) is 11.0. The smallest absolute Gasteiger partial charge is 0.238 e. The molecule has 1 aliphatic heterocycles. The van der Waals surface area contributed by atoms with E-state index in [0.29, 0.717) is 24.0 Å². The molecule has 0 saturated carbocycles. The predicted molar refractivity (Wildman–Crippen MR) is 126 cm³/mol. The van der Waals surface area contributed by atoms with E-state index in [9.17, 15) is 9.59 Å². The highest BCUT2D eigenvalue weighted by Crippen LogP contribution is 2.28. The second kappa shape index (κ2) is 10.2. The van der Waals surface area contributed by atoms with E-state index in [1.54, 1.807) is 11.9 Å². The second-order valence-corrected chi connectivity index (χ2v) is 9.12. The molecule has 1 fully saturated rings. The molecule has 1 amide bonds. The summed E-state index contributed by atoms with van der Waals surface area (Å²) in [6, 6.07) is 9.01. The van der Waals surface area contributed by atoms with Crippen molar-refractivity contribution in [3.8, 4) is 0 Å². The Labute approximate surface area is 191 Å². The van der Waals surface area contributed by atoms with Crippen LogP contribution >= 0.6 is 23.5 Å². The normalized spacial score (nSPS) is 18.5. The number of aryl methyl sites for hydroxylation is 1. The molecule has 7 nitrogen and oxygen atoms in total. The fraction of sp³-hybridized carbons (Fsp3) is 0.318. The van der Waals surface area contributed by atoms with Crippen molar-refractivity contribution >= 4 is 47.7 Å². The van der Waals surface area contributed by atoms with Gasteiger partial charge in [-0.1, -0.05) is 35.9 Å². The van der Waals surface area contributed by atoms with E-state index in [1.807, 2.05) is 54.6 Å². The zero-order chi connectivity index (χ0) is 22.5. The number of nitrogens with two attached hydrogens (primary N) is 1. The number of hydrogen-bond acceptors (Lipinski definition) is 5. The zero-order valence-electron chi connectivity index (χ0n) is 17.8. The lowest BCUT2D eigenvalue weighted by Crippen LogP contribution is -2.54. The van der Waals surface area contributed by atoms with Crippen molar-refractivity contribution in [1.82, 2.24) is 14.2 Å². The molecule has 1 aromatic heterocycles. The van der Waals surface area contributed by atoms with Crippen LogP contribution < -0.4 is 5.73 Å². The molecule has 1 atom stereocenters. The Morgan fingerprint density at radius 3 is 2.71 bits per heavy atom. The molecule has 3 rings (SSSR count). The lowest BCUT2D eigenvalue weighted by Gasteiger charge is -2.37. The molecule has 1 unspecified atom stereocenters. The van der Waals surface area contributed by atoms with Gasteiger partial charge in [0, 0.05) is 36.4 Å². The van der Waals surface area contributed by atoms with E-state index in [-0.39, 0.29) is 12.5 Å². The molecule has 2 aromatic rings. The third-order valence-electron chi connectivity index (χ3n) is 5.04. The van der Waals surface area contributed by atoms with E-state index < -0.39 is 6.04 Å². The number of hydrogen-bond donors (Lipinski definition) is 2. The highest BCUT2D eigenvalue weighted by Gasteiger charge is 2.33. The number of amides is 1. The van der Waals surface area contributed by atoms with Crippen LogP contribution in [-0.2, 0) is 16.1 Å².